The largest absolute Gasteiger partial charge is 0.378 e. The van der Waals surface area contributed by atoms with E-state index in [0.29, 0.717) is 5.56 Å². The molecule has 0 aliphatic carbocycles. The summed E-state index contributed by atoms with van der Waals surface area (Å²) in [6.45, 7) is 0.172. The third kappa shape index (κ3) is 4.41. The van der Waals surface area contributed by atoms with Crippen LogP contribution in [0.2, 0.25) is 0 Å². The topological polar surface area (TPSA) is 143 Å². The number of non-ortho nitro benzene ring substituents is 1. The van der Waals surface area contributed by atoms with E-state index in [9.17, 15) is 19.7 Å². The Balaban J connectivity index is 1.71. The Hall–Kier alpha value is -4.74. The Kier molecular flexibility index (Phi) is 5.95. The molecule has 0 saturated heterocycles. The van der Waals surface area contributed by atoms with Crippen molar-refractivity contribution in [3.05, 3.63) is 90.6 Å². The summed E-state index contributed by atoms with van der Waals surface area (Å²) < 4.78 is 2.80. The van der Waals surface area contributed by atoms with E-state index < -0.39 is 16.2 Å². The van der Waals surface area contributed by atoms with Crippen molar-refractivity contribution in [1.29, 1.82) is 0 Å². The zero-order valence-electron chi connectivity index (χ0n) is 18.7. The maximum Gasteiger partial charge on any atom is 0.329 e. The standard InChI is InChI=1S/C22H22N8O4/c1-27(2)16-8-4-14(5-9-16)12-23-26-21-24-19-18(20(31)25-22(32)28(19)3)29(21)13-15-6-10-17(11-7-15)30(33)34/h4-12H,13H2,1-3H3,(H,24,26)(H,25,31,32)/b23-12-. The monoisotopic (exact) mass is 462 g/mol. The Morgan fingerprint density at radius 2 is 1.82 bits per heavy atom. The fraction of sp³-hybridized carbons (Fsp3) is 0.182. The Morgan fingerprint density at radius 1 is 1.15 bits per heavy atom. The molecule has 0 spiro atoms. The van der Waals surface area contributed by atoms with Gasteiger partial charge in [-0.05, 0) is 23.3 Å². The molecule has 0 atom stereocenters. The molecule has 0 radical (unpaired) electrons. The fourth-order valence-corrected chi connectivity index (χ4v) is 3.40. The number of nitrogens with zero attached hydrogens (tertiary/aromatic N) is 6. The Bertz CT molecular complexity index is 1500. The van der Waals surface area contributed by atoms with Gasteiger partial charge in [0.1, 0.15) is 0 Å². The minimum Gasteiger partial charge on any atom is -0.378 e. The molecular weight excluding hydrogens is 440 g/mol. The van der Waals surface area contributed by atoms with Crippen LogP contribution in [0.25, 0.3) is 11.2 Å². The van der Waals surface area contributed by atoms with Crippen molar-refractivity contribution in [2.24, 2.45) is 12.1 Å². The van der Waals surface area contributed by atoms with Crippen LogP contribution >= 0.6 is 0 Å². The molecule has 0 aliphatic heterocycles. The number of nitrogens with one attached hydrogen (secondary N) is 2. The van der Waals surface area contributed by atoms with E-state index in [2.05, 4.69) is 20.5 Å². The van der Waals surface area contributed by atoms with Crippen LogP contribution in [0.3, 0.4) is 0 Å². The van der Waals surface area contributed by atoms with E-state index in [0.717, 1.165) is 11.3 Å². The van der Waals surface area contributed by atoms with Gasteiger partial charge in [-0.25, -0.2) is 10.2 Å². The summed E-state index contributed by atoms with van der Waals surface area (Å²) in [4.78, 5) is 43.8. The number of nitro benzene ring substituents is 1. The third-order valence-electron chi connectivity index (χ3n) is 5.28. The average molecular weight is 462 g/mol. The first kappa shape index (κ1) is 22.5. The van der Waals surface area contributed by atoms with Crippen LogP contribution in [0.1, 0.15) is 11.1 Å². The minimum absolute atomic E-state index is 0.0392. The number of rotatable bonds is 7. The van der Waals surface area contributed by atoms with E-state index in [1.807, 2.05) is 43.3 Å². The van der Waals surface area contributed by atoms with Gasteiger partial charge in [-0.1, -0.05) is 24.3 Å². The first-order chi connectivity index (χ1) is 16.2. The van der Waals surface area contributed by atoms with Crippen LogP contribution in [0.4, 0.5) is 17.3 Å². The van der Waals surface area contributed by atoms with Crippen LogP contribution in [0.5, 0.6) is 0 Å². The van der Waals surface area contributed by atoms with Crippen LogP contribution in [0, 0.1) is 10.1 Å². The van der Waals surface area contributed by atoms with Gasteiger partial charge in [0.05, 0.1) is 17.7 Å². The second-order valence-electron chi connectivity index (χ2n) is 7.79. The lowest BCUT2D eigenvalue weighted by Crippen LogP contribution is -2.29. The van der Waals surface area contributed by atoms with Crippen LogP contribution < -0.4 is 21.6 Å². The first-order valence-electron chi connectivity index (χ1n) is 10.2. The SMILES string of the molecule is CN(C)c1ccc(/C=N\Nc2nc3c(c(=O)[nH]c(=O)n3C)n2Cc2ccc([N+](=O)[O-])cc2)cc1. The Morgan fingerprint density at radius 3 is 2.44 bits per heavy atom. The van der Waals surface area contributed by atoms with Gasteiger partial charge >= 0.3 is 5.69 Å². The number of aromatic nitrogens is 4. The highest BCUT2D eigenvalue weighted by molar-refractivity contribution is 5.81. The molecule has 12 heteroatoms. The number of anilines is 2. The summed E-state index contributed by atoms with van der Waals surface area (Å²) in [6.07, 6.45) is 1.61. The number of benzene rings is 2. The number of hydrazone groups is 1. The zero-order chi connectivity index (χ0) is 24.4. The second kappa shape index (κ2) is 9.02. The van der Waals surface area contributed by atoms with E-state index in [-0.39, 0.29) is 29.3 Å². The first-order valence-corrected chi connectivity index (χ1v) is 10.2. The molecule has 12 nitrogen and oxygen atoms in total. The number of hydrogen-bond acceptors (Lipinski definition) is 8. The van der Waals surface area contributed by atoms with Crippen LogP contribution in [0.15, 0.2) is 63.2 Å². The third-order valence-corrected chi connectivity index (χ3v) is 5.28. The normalized spacial score (nSPS) is 11.3. The number of imidazole rings is 1. The Labute approximate surface area is 192 Å². The van der Waals surface area contributed by atoms with E-state index in [4.69, 9.17) is 0 Å². The number of fused-ring (bicyclic) bond motifs is 1. The molecule has 0 bridgehead atoms. The molecule has 4 rings (SSSR count). The smallest absolute Gasteiger partial charge is 0.329 e. The van der Waals surface area contributed by atoms with Gasteiger partial charge in [0, 0.05) is 39.0 Å². The predicted molar refractivity (Wildman–Crippen MR) is 130 cm³/mol. The summed E-state index contributed by atoms with van der Waals surface area (Å²) in [5.41, 5.74) is 4.58. The number of nitro groups is 1. The molecule has 0 aliphatic rings. The van der Waals surface area contributed by atoms with Crippen molar-refractivity contribution in [3.8, 4) is 0 Å². The lowest BCUT2D eigenvalue weighted by molar-refractivity contribution is -0.384. The molecule has 34 heavy (non-hydrogen) atoms. The van der Waals surface area contributed by atoms with Gasteiger partial charge in [0.15, 0.2) is 11.2 Å². The molecular formula is C22H22N8O4. The van der Waals surface area contributed by atoms with Gasteiger partial charge in [0.2, 0.25) is 5.95 Å². The van der Waals surface area contributed by atoms with Crippen molar-refractivity contribution in [3.63, 3.8) is 0 Å². The van der Waals surface area contributed by atoms with Crippen LogP contribution in [-0.2, 0) is 13.6 Å². The molecule has 4 aromatic rings. The number of aromatic amines is 1. The van der Waals surface area contributed by atoms with Gasteiger partial charge in [-0.2, -0.15) is 10.1 Å². The van der Waals surface area contributed by atoms with Gasteiger partial charge in [-0.3, -0.25) is 29.0 Å². The molecule has 0 fully saturated rings. The second-order valence-corrected chi connectivity index (χ2v) is 7.79. The predicted octanol–water partition coefficient (Wildman–Crippen LogP) is 1.89. The van der Waals surface area contributed by atoms with Gasteiger partial charge in [-0.15, -0.1) is 0 Å². The lowest BCUT2D eigenvalue weighted by Gasteiger charge is -2.11. The van der Waals surface area contributed by atoms with Crippen molar-refractivity contribution in [1.82, 2.24) is 19.1 Å². The van der Waals surface area contributed by atoms with Crippen molar-refractivity contribution in [2.75, 3.05) is 24.4 Å². The summed E-state index contributed by atoms with van der Waals surface area (Å²) >= 11 is 0. The molecule has 2 aromatic carbocycles. The molecule has 2 aromatic heterocycles. The number of aryl methyl sites for hydroxylation is 1. The van der Waals surface area contributed by atoms with Gasteiger partial charge in [0.25, 0.3) is 11.2 Å². The molecule has 0 saturated carbocycles. The fourth-order valence-electron chi connectivity index (χ4n) is 3.40. The average Bonchev–Trinajstić information content (AvgIpc) is 3.17. The molecule has 2 N–H and O–H groups in total. The number of hydrogen-bond donors (Lipinski definition) is 2. The van der Waals surface area contributed by atoms with Crippen molar-refractivity contribution in [2.45, 2.75) is 6.54 Å². The van der Waals surface area contributed by atoms with Crippen molar-refractivity contribution >= 4 is 34.7 Å². The van der Waals surface area contributed by atoms with Crippen LogP contribution in [-0.4, -0.2) is 44.3 Å². The molecule has 0 amide bonds. The lowest BCUT2D eigenvalue weighted by atomic mass is 10.2. The highest BCUT2D eigenvalue weighted by atomic mass is 16.6. The highest BCUT2D eigenvalue weighted by Crippen LogP contribution is 2.19. The van der Waals surface area contributed by atoms with E-state index >= 15 is 0 Å². The summed E-state index contributed by atoms with van der Waals surface area (Å²) in [5, 5.41) is 15.2. The summed E-state index contributed by atoms with van der Waals surface area (Å²) in [7, 11) is 5.41. The maximum atomic E-state index is 12.6. The summed E-state index contributed by atoms with van der Waals surface area (Å²) in [6, 6.07) is 13.7. The molecule has 0 unspecified atom stereocenters. The van der Waals surface area contributed by atoms with E-state index in [1.54, 1.807) is 22.9 Å². The zero-order valence-corrected chi connectivity index (χ0v) is 18.7. The van der Waals surface area contributed by atoms with Crippen molar-refractivity contribution < 1.29 is 4.92 Å². The minimum atomic E-state index is -0.594. The molecule has 174 valence electrons. The maximum absolute atomic E-state index is 12.6. The van der Waals surface area contributed by atoms with E-state index in [1.165, 1.54) is 23.7 Å². The quantitative estimate of drug-likeness (QED) is 0.242. The molecule has 2 heterocycles. The van der Waals surface area contributed by atoms with Gasteiger partial charge < -0.3 is 4.90 Å². The number of H-pyrrole nitrogens is 1. The summed E-state index contributed by atoms with van der Waals surface area (Å²) in [5.74, 6) is 0.237. The highest BCUT2D eigenvalue weighted by Gasteiger charge is 2.18.